The van der Waals surface area contributed by atoms with Crippen molar-refractivity contribution in [1.82, 2.24) is 19.4 Å². The quantitative estimate of drug-likeness (QED) is 0.232. The summed E-state index contributed by atoms with van der Waals surface area (Å²) in [6, 6.07) is 20.7. The van der Waals surface area contributed by atoms with Crippen LogP contribution in [0.2, 0.25) is 0 Å². The molecular formula is C35H30F2N4O2. The third kappa shape index (κ3) is 4.97. The van der Waals surface area contributed by atoms with E-state index in [1.54, 1.807) is 36.4 Å². The van der Waals surface area contributed by atoms with Gasteiger partial charge in [0.25, 0.3) is 5.56 Å². The highest BCUT2D eigenvalue weighted by Crippen LogP contribution is 2.34. The number of phenolic OH excluding ortho intramolecular Hbond substituents is 1. The maximum absolute atomic E-state index is 15.9. The molecule has 6 nitrogen and oxygen atoms in total. The second kappa shape index (κ2) is 10.8. The molecule has 0 amide bonds. The predicted octanol–water partition coefficient (Wildman–Crippen LogP) is 6.98. The summed E-state index contributed by atoms with van der Waals surface area (Å²) in [5.74, 6) is -1.40. The third-order valence-electron chi connectivity index (χ3n) is 8.46. The fraction of sp³-hybridized carbons (Fsp3) is 0.200. The molecule has 43 heavy (non-hydrogen) atoms. The van der Waals surface area contributed by atoms with Gasteiger partial charge in [-0.25, -0.2) is 13.8 Å². The molecule has 2 N–H and O–H groups in total. The molecule has 216 valence electrons. The van der Waals surface area contributed by atoms with Gasteiger partial charge >= 0.3 is 0 Å². The Hall–Kier alpha value is -4.82. The van der Waals surface area contributed by atoms with Crippen LogP contribution in [0.15, 0.2) is 95.9 Å². The number of likely N-dealkylation sites (tertiary alicyclic amines) is 1. The van der Waals surface area contributed by atoms with Gasteiger partial charge in [-0.2, -0.15) is 0 Å². The molecular weight excluding hydrogens is 546 g/mol. The number of nitrogens with one attached hydrogen (secondary N) is 1. The summed E-state index contributed by atoms with van der Waals surface area (Å²) >= 11 is 0. The van der Waals surface area contributed by atoms with Gasteiger partial charge in [-0.15, -0.1) is 0 Å². The molecule has 0 spiro atoms. The van der Waals surface area contributed by atoms with Crippen LogP contribution in [0.4, 0.5) is 8.78 Å². The monoisotopic (exact) mass is 577 g/mol. The second-order valence-electron chi connectivity index (χ2n) is 11.2. The molecule has 0 aliphatic carbocycles. The Balaban J connectivity index is 1.34. The third-order valence-corrected chi connectivity index (χ3v) is 8.46. The van der Waals surface area contributed by atoms with Crippen molar-refractivity contribution in [3.05, 3.63) is 130 Å². The lowest BCUT2D eigenvalue weighted by Gasteiger charge is -2.29. The lowest BCUT2D eigenvalue weighted by Crippen LogP contribution is -2.29. The first-order valence-corrected chi connectivity index (χ1v) is 14.3. The first-order chi connectivity index (χ1) is 21.2. The maximum Gasteiger partial charge on any atom is 0.262 e. The van der Waals surface area contributed by atoms with Gasteiger partial charge in [0.05, 0.1) is 17.8 Å². The number of para-hydroxylation sites is 2. The lowest BCUT2D eigenvalue weighted by molar-refractivity contribution is 0.255. The summed E-state index contributed by atoms with van der Waals surface area (Å²) in [4.78, 5) is 23.9. The molecule has 1 atom stereocenters. The smallest absolute Gasteiger partial charge is 0.262 e. The van der Waals surface area contributed by atoms with Gasteiger partial charge in [-0.3, -0.25) is 9.36 Å². The van der Waals surface area contributed by atoms with Crippen LogP contribution in [0.1, 0.15) is 43.1 Å². The van der Waals surface area contributed by atoms with Crippen molar-refractivity contribution in [3.63, 3.8) is 0 Å². The van der Waals surface area contributed by atoms with Gasteiger partial charge in [-0.05, 0) is 110 Å². The van der Waals surface area contributed by atoms with Crippen LogP contribution < -0.4 is 5.56 Å². The SMILES string of the molecule is [2H]C(c1nc2ccccc2[nH]1)(c1cc(F)ccc1O)n1ccc2cc(-c3ccc(C4CCN(C)CC4)cc3)cc(F)c2c1=O. The van der Waals surface area contributed by atoms with Crippen molar-refractivity contribution in [2.75, 3.05) is 20.1 Å². The van der Waals surface area contributed by atoms with E-state index in [2.05, 4.69) is 34.0 Å². The number of nitrogens with zero attached hydrogens (tertiary/aromatic N) is 3. The molecule has 1 unspecified atom stereocenters. The topological polar surface area (TPSA) is 74.2 Å². The standard InChI is InChI=1S/C35H30F2N4O2/c1-40-15-12-23(13-16-40)21-6-8-22(9-7-21)25-18-24-14-17-41(35(43)32(24)28(37)19-25)33(27-20-26(36)10-11-31(27)42)34-38-29-4-2-3-5-30(29)39-34/h2-11,14,17-20,23,33,42H,12-13,15-16H2,1H3,(H,38,39)/i33D. The highest BCUT2D eigenvalue weighted by molar-refractivity contribution is 5.87. The fourth-order valence-corrected chi connectivity index (χ4v) is 6.09. The second-order valence-corrected chi connectivity index (χ2v) is 11.2. The molecule has 0 saturated carbocycles. The molecule has 0 bridgehead atoms. The highest BCUT2D eigenvalue weighted by atomic mass is 19.1. The molecule has 8 heteroatoms. The Labute approximate surface area is 248 Å². The molecule has 1 aliphatic heterocycles. The van der Waals surface area contributed by atoms with Crippen LogP contribution in [-0.4, -0.2) is 44.7 Å². The van der Waals surface area contributed by atoms with E-state index in [0.29, 0.717) is 27.9 Å². The van der Waals surface area contributed by atoms with E-state index >= 15 is 4.39 Å². The predicted molar refractivity (Wildman–Crippen MR) is 164 cm³/mol. The minimum Gasteiger partial charge on any atom is -0.508 e. The number of aromatic nitrogens is 3. The number of rotatable bonds is 5. The summed E-state index contributed by atoms with van der Waals surface area (Å²) in [5.41, 5.74) is 2.78. The normalized spacial score (nSPS) is 16.4. The summed E-state index contributed by atoms with van der Waals surface area (Å²) in [5, 5.41) is 10.9. The molecule has 3 heterocycles. The van der Waals surface area contributed by atoms with E-state index in [4.69, 9.17) is 0 Å². The molecule has 4 aromatic carbocycles. The number of aromatic hydroxyl groups is 1. The van der Waals surface area contributed by atoms with Crippen molar-refractivity contribution in [1.29, 1.82) is 0 Å². The lowest BCUT2D eigenvalue weighted by atomic mass is 9.88. The number of hydrogen-bond acceptors (Lipinski definition) is 4. The van der Waals surface area contributed by atoms with Crippen molar-refractivity contribution >= 4 is 21.8 Å². The largest absolute Gasteiger partial charge is 0.508 e. The minimum atomic E-state index is -2.26. The van der Waals surface area contributed by atoms with E-state index in [-0.39, 0.29) is 16.8 Å². The number of halogens is 2. The van der Waals surface area contributed by atoms with E-state index in [0.717, 1.165) is 54.3 Å². The van der Waals surface area contributed by atoms with E-state index in [1.165, 1.54) is 17.8 Å². The Morgan fingerprint density at radius 3 is 2.51 bits per heavy atom. The first kappa shape index (κ1) is 25.9. The van der Waals surface area contributed by atoms with Crippen LogP contribution in [0, 0.1) is 11.6 Å². The van der Waals surface area contributed by atoms with Crippen LogP contribution in [0.5, 0.6) is 5.75 Å². The number of imidazole rings is 1. The molecule has 6 aromatic rings. The number of aromatic amines is 1. The maximum atomic E-state index is 15.9. The van der Waals surface area contributed by atoms with Gasteiger partial charge in [0.15, 0.2) is 0 Å². The number of H-pyrrole nitrogens is 1. The summed E-state index contributed by atoms with van der Waals surface area (Å²) in [6.07, 6.45) is 3.57. The minimum absolute atomic E-state index is 0.0391. The van der Waals surface area contributed by atoms with Gasteiger partial charge in [0.2, 0.25) is 0 Å². The van der Waals surface area contributed by atoms with E-state index in [1.807, 2.05) is 12.1 Å². The van der Waals surface area contributed by atoms with Gasteiger partial charge < -0.3 is 15.0 Å². The Bertz CT molecular complexity index is 2050. The number of fused-ring (bicyclic) bond motifs is 2. The summed E-state index contributed by atoms with van der Waals surface area (Å²) in [6.45, 7) is 2.13. The van der Waals surface area contributed by atoms with Crippen molar-refractivity contribution in [2.24, 2.45) is 0 Å². The summed E-state index contributed by atoms with van der Waals surface area (Å²) in [7, 11) is 2.14. The average Bonchev–Trinajstić information content (AvgIpc) is 3.47. The molecule has 7 rings (SSSR count). The number of hydrogen-bond donors (Lipinski definition) is 2. The average molecular weight is 578 g/mol. The molecule has 2 aromatic heterocycles. The molecule has 0 radical (unpaired) electrons. The van der Waals surface area contributed by atoms with Gasteiger partial charge in [0, 0.05) is 11.8 Å². The van der Waals surface area contributed by atoms with E-state index < -0.39 is 29.0 Å². The fourth-order valence-electron chi connectivity index (χ4n) is 6.09. The molecule has 1 fully saturated rings. The van der Waals surface area contributed by atoms with Crippen molar-refractivity contribution in [2.45, 2.75) is 24.8 Å². The zero-order chi connectivity index (χ0) is 30.6. The van der Waals surface area contributed by atoms with Crippen molar-refractivity contribution < 1.29 is 15.3 Å². The Kier molecular flexibility index (Phi) is 6.48. The highest BCUT2D eigenvalue weighted by Gasteiger charge is 2.26. The van der Waals surface area contributed by atoms with Crippen molar-refractivity contribution in [3.8, 4) is 16.9 Å². The van der Waals surface area contributed by atoms with Crippen LogP contribution in [0.3, 0.4) is 0 Å². The van der Waals surface area contributed by atoms with Gasteiger partial charge in [0.1, 0.15) is 29.2 Å². The zero-order valence-electron chi connectivity index (χ0n) is 24.5. The molecule has 1 saturated heterocycles. The van der Waals surface area contributed by atoms with Gasteiger partial charge in [-0.1, -0.05) is 36.4 Å². The number of piperidine rings is 1. The zero-order valence-corrected chi connectivity index (χ0v) is 23.5. The van der Waals surface area contributed by atoms with Crippen LogP contribution in [-0.2, 0) is 0 Å². The number of pyridine rings is 1. The van der Waals surface area contributed by atoms with E-state index in [9.17, 15) is 15.7 Å². The Morgan fingerprint density at radius 1 is 0.977 bits per heavy atom. The van der Waals surface area contributed by atoms with Crippen LogP contribution >= 0.6 is 0 Å². The molecule has 1 aliphatic rings. The first-order valence-electron chi connectivity index (χ1n) is 14.8. The summed E-state index contributed by atoms with van der Waals surface area (Å²) < 4.78 is 41.0. The number of phenols is 1. The number of benzene rings is 4. The Morgan fingerprint density at radius 2 is 1.74 bits per heavy atom. The van der Waals surface area contributed by atoms with Crippen LogP contribution in [0.25, 0.3) is 32.9 Å².